The lowest BCUT2D eigenvalue weighted by Gasteiger charge is -2.15. The largest absolute Gasteiger partial charge is 0.481 e. The number of likely N-dealkylation sites (N-methyl/N-ethyl adjacent to an activating group) is 1. The van der Waals surface area contributed by atoms with Gasteiger partial charge in [0.1, 0.15) is 0 Å². The van der Waals surface area contributed by atoms with Gasteiger partial charge in [-0.05, 0) is 17.7 Å². The van der Waals surface area contributed by atoms with Crippen LogP contribution in [0, 0.1) is 0 Å². The first kappa shape index (κ1) is 14.6. The highest BCUT2D eigenvalue weighted by Crippen LogP contribution is 2.15. The maximum absolute atomic E-state index is 12.0. The zero-order valence-electron chi connectivity index (χ0n) is 9.91. The molecule has 0 amide bonds. The van der Waals surface area contributed by atoms with Crippen molar-refractivity contribution in [3.8, 4) is 0 Å². The smallest absolute Gasteiger partial charge is 0.307 e. The van der Waals surface area contributed by atoms with Gasteiger partial charge < -0.3 is 10.2 Å². The molecule has 7 heteroatoms. The van der Waals surface area contributed by atoms with Crippen LogP contribution in [0.4, 0.5) is 0 Å². The fourth-order valence-electron chi connectivity index (χ4n) is 1.39. The minimum atomic E-state index is -3.62. The van der Waals surface area contributed by atoms with E-state index in [1.165, 1.54) is 31.3 Å². The molecule has 18 heavy (non-hydrogen) atoms. The van der Waals surface area contributed by atoms with Crippen molar-refractivity contribution in [3.63, 3.8) is 0 Å². The SMILES string of the molecule is CN(CCO)S(=O)(=O)c1ccc(CC(=O)O)cc1. The average Bonchev–Trinajstić information content (AvgIpc) is 2.29. The van der Waals surface area contributed by atoms with E-state index in [9.17, 15) is 13.2 Å². The molecule has 0 aliphatic carbocycles. The van der Waals surface area contributed by atoms with Gasteiger partial charge in [0.25, 0.3) is 0 Å². The van der Waals surface area contributed by atoms with Gasteiger partial charge in [0.2, 0.25) is 10.0 Å². The molecule has 0 aliphatic heterocycles. The molecule has 1 aromatic carbocycles. The Kier molecular flexibility index (Phi) is 4.83. The zero-order valence-corrected chi connectivity index (χ0v) is 10.7. The number of aliphatic hydroxyl groups excluding tert-OH is 1. The Morgan fingerprint density at radius 3 is 2.28 bits per heavy atom. The van der Waals surface area contributed by atoms with E-state index < -0.39 is 16.0 Å². The van der Waals surface area contributed by atoms with Crippen LogP contribution in [0.25, 0.3) is 0 Å². The highest BCUT2D eigenvalue weighted by atomic mass is 32.2. The second-order valence-electron chi connectivity index (χ2n) is 3.76. The number of aliphatic carboxylic acids is 1. The van der Waals surface area contributed by atoms with E-state index in [0.29, 0.717) is 5.56 Å². The Hall–Kier alpha value is -1.44. The number of nitrogens with zero attached hydrogens (tertiary/aromatic N) is 1. The van der Waals surface area contributed by atoms with Crippen molar-refractivity contribution in [1.82, 2.24) is 4.31 Å². The van der Waals surface area contributed by atoms with E-state index in [2.05, 4.69) is 0 Å². The number of carboxylic acid groups (broad SMARTS) is 1. The standard InChI is InChI=1S/C11H15NO5S/c1-12(6-7-13)18(16,17)10-4-2-9(3-5-10)8-11(14)15/h2-5,13H,6-8H2,1H3,(H,14,15). The number of aliphatic hydroxyl groups is 1. The Balaban J connectivity index is 2.94. The lowest BCUT2D eigenvalue weighted by Crippen LogP contribution is -2.29. The summed E-state index contributed by atoms with van der Waals surface area (Å²) in [5.74, 6) is -0.969. The molecule has 0 bridgehead atoms. The third-order valence-corrected chi connectivity index (χ3v) is 4.27. The first-order valence-corrected chi connectivity index (χ1v) is 6.70. The second kappa shape index (κ2) is 5.94. The normalized spacial score (nSPS) is 11.7. The maximum atomic E-state index is 12.0. The topological polar surface area (TPSA) is 94.9 Å². The van der Waals surface area contributed by atoms with Crippen molar-refractivity contribution in [2.75, 3.05) is 20.2 Å². The van der Waals surface area contributed by atoms with Gasteiger partial charge in [-0.25, -0.2) is 8.42 Å². The van der Waals surface area contributed by atoms with Crippen LogP contribution in [-0.2, 0) is 21.2 Å². The van der Waals surface area contributed by atoms with Crippen LogP contribution < -0.4 is 0 Å². The predicted octanol–water partition coefficient (Wildman–Crippen LogP) is -0.0735. The summed E-state index contributed by atoms with van der Waals surface area (Å²) in [5.41, 5.74) is 0.534. The Morgan fingerprint density at radius 2 is 1.83 bits per heavy atom. The molecule has 0 aromatic heterocycles. The number of hydrogen-bond donors (Lipinski definition) is 2. The minimum absolute atomic E-state index is 0.0131. The summed E-state index contributed by atoms with van der Waals surface area (Å²) in [6, 6.07) is 5.66. The summed E-state index contributed by atoms with van der Waals surface area (Å²) in [7, 11) is -2.25. The molecule has 0 unspecified atom stereocenters. The van der Waals surface area contributed by atoms with E-state index in [4.69, 9.17) is 10.2 Å². The average molecular weight is 273 g/mol. The van der Waals surface area contributed by atoms with Gasteiger partial charge in [0, 0.05) is 13.6 Å². The minimum Gasteiger partial charge on any atom is -0.481 e. The van der Waals surface area contributed by atoms with E-state index in [-0.39, 0.29) is 24.5 Å². The van der Waals surface area contributed by atoms with Crippen molar-refractivity contribution in [2.24, 2.45) is 0 Å². The summed E-state index contributed by atoms with van der Waals surface area (Å²) in [5, 5.41) is 17.3. The maximum Gasteiger partial charge on any atom is 0.307 e. The van der Waals surface area contributed by atoms with Crippen LogP contribution in [0.1, 0.15) is 5.56 Å². The van der Waals surface area contributed by atoms with E-state index in [0.717, 1.165) is 4.31 Å². The summed E-state index contributed by atoms with van der Waals surface area (Å²) in [6.45, 7) is -0.244. The molecular weight excluding hydrogens is 258 g/mol. The molecule has 1 aromatic rings. The number of carbonyl (C=O) groups is 1. The number of hydrogen-bond acceptors (Lipinski definition) is 4. The van der Waals surface area contributed by atoms with Gasteiger partial charge >= 0.3 is 5.97 Å². The molecular formula is C11H15NO5S. The molecule has 0 spiro atoms. The lowest BCUT2D eigenvalue weighted by molar-refractivity contribution is -0.136. The van der Waals surface area contributed by atoms with Crippen molar-refractivity contribution < 1.29 is 23.4 Å². The van der Waals surface area contributed by atoms with E-state index in [1.54, 1.807) is 0 Å². The molecule has 6 nitrogen and oxygen atoms in total. The lowest BCUT2D eigenvalue weighted by atomic mass is 10.2. The molecule has 0 fully saturated rings. The first-order chi connectivity index (χ1) is 8.37. The summed E-state index contributed by atoms with van der Waals surface area (Å²) in [4.78, 5) is 10.6. The Bertz CT molecular complexity index is 509. The molecule has 2 N–H and O–H groups in total. The van der Waals surface area contributed by atoms with Gasteiger partial charge in [-0.15, -0.1) is 0 Å². The fraction of sp³-hybridized carbons (Fsp3) is 0.364. The predicted molar refractivity (Wildman–Crippen MR) is 64.7 cm³/mol. The van der Waals surface area contributed by atoms with E-state index >= 15 is 0 Å². The first-order valence-electron chi connectivity index (χ1n) is 5.26. The quantitative estimate of drug-likeness (QED) is 0.756. The van der Waals surface area contributed by atoms with Crippen LogP contribution in [0.5, 0.6) is 0 Å². The number of rotatable bonds is 6. The van der Waals surface area contributed by atoms with Crippen molar-refractivity contribution in [3.05, 3.63) is 29.8 Å². The number of carboxylic acids is 1. The second-order valence-corrected chi connectivity index (χ2v) is 5.81. The fourth-order valence-corrected chi connectivity index (χ4v) is 2.56. The summed E-state index contributed by atoms with van der Waals surface area (Å²) in [6.07, 6.45) is -0.146. The summed E-state index contributed by atoms with van der Waals surface area (Å²) < 4.78 is 24.9. The third kappa shape index (κ3) is 3.52. The molecule has 0 aliphatic rings. The summed E-state index contributed by atoms with van der Waals surface area (Å²) >= 11 is 0. The molecule has 0 atom stereocenters. The molecule has 100 valence electrons. The van der Waals surface area contributed by atoms with Gasteiger partial charge in [-0.2, -0.15) is 4.31 Å². The molecule has 0 heterocycles. The molecule has 1 rings (SSSR count). The van der Waals surface area contributed by atoms with Crippen molar-refractivity contribution in [2.45, 2.75) is 11.3 Å². The Morgan fingerprint density at radius 1 is 1.28 bits per heavy atom. The zero-order chi connectivity index (χ0) is 13.8. The molecule has 0 saturated carbocycles. The molecule has 0 saturated heterocycles. The number of benzene rings is 1. The van der Waals surface area contributed by atoms with Gasteiger partial charge in [-0.3, -0.25) is 4.79 Å². The van der Waals surface area contributed by atoms with Crippen LogP contribution >= 0.6 is 0 Å². The monoisotopic (exact) mass is 273 g/mol. The highest BCUT2D eigenvalue weighted by Gasteiger charge is 2.19. The third-order valence-electron chi connectivity index (χ3n) is 2.40. The molecule has 0 radical (unpaired) electrons. The highest BCUT2D eigenvalue weighted by molar-refractivity contribution is 7.89. The van der Waals surface area contributed by atoms with Crippen LogP contribution in [0.3, 0.4) is 0 Å². The van der Waals surface area contributed by atoms with Crippen LogP contribution in [0.2, 0.25) is 0 Å². The number of sulfonamides is 1. The van der Waals surface area contributed by atoms with Crippen LogP contribution in [-0.4, -0.2) is 49.1 Å². The van der Waals surface area contributed by atoms with Crippen LogP contribution in [0.15, 0.2) is 29.2 Å². The van der Waals surface area contributed by atoms with Crippen molar-refractivity contribution >= 4 is 16.0 Å². The van der Waals surface area contributed by atoms with E-state index in [1.807, 2.05) is 0 Å². The van der Waals surface area contributed by atoms with Gasteiger partial charge in [-0.1, -0.05) is 12.1 Å². The van der Waals surface area contributed by atoms with Gasteiger partial charge in [0.05, 0.1) is 17.9 Å². The Labute approximate surface area is 106 Å². The van der Waals surface area contributed by atoms with Gasteiger partial charge in [0.15, 0.2) is 0 Å². The van der Waals surface area contributed by atoms with Crippen molar-refractivity contribution in [1.29, 1.82) is 0 Å².